The lowest BCUT2D eigenvalue weighted by atomic mass is 10.1. The number of likely N-dealkylation sites (N-methyl/N-ethyl adjacent to an activating group) is 1. The topological polar surface area (TPSA) is 93.9 Å². The van der Waals surface area contributed by atoms with Crippen molar-refractivity contribution < 1.29 is 19.1 Å². The first kappa shape index (κ1) is 20.3. The molecule has 0 aliphatic carbocycles. The summed E-state index contributed by atoms with van der Waals surface area (Å²) in [6.07, 6.45) is 0. The van der Waals surface area contributed by atoms with Crippen LogP contribution < -0.4 is 20.5 Å². The number of benzene rings is 2. The van der Waals surface area contributed by atoms with Crippen LogP contribution in [0.5, 0.6) is 11.5 Å². The Balaban J connectivity index is 2.02. The van der Waals surface area contributed by atoms with E-state index in [0.717, 1.165) is 11.1 Å². The van der Waals surface area contributed by atoms with E-state index in [9.17, 15) is 9.59 Å². The van der Waals surface area contributed by atoms with Crippen LogP contribution in [0.3, 0.4) is 0 Å². The highest BCUT2D eigenvalue weighted by molar-refractivity contribution is 5.96. The van der Waals surface area contributed by atoms with Crippen molar-refractivity contribution in [3.05, 3.63) is 59.7 Å². The van der Waals surface area contributed by atoms with Gasteiger partial charge in [0, 0.05) is 6.54 Å². The predicted octanol–water partition coefficient (Wildman–Crippen LogP) is 2.29. The fraction of sp³-hybridized carbons (Fsp3) is 0.300. The Labute approximate surface area is 159 Å². The van der Waals surface area contributed by atoms with E-state index in [-0.39, 0.29) is 0 Å². The predicted molar refractivity (Wildman–Crippen MR) is 102 cm³/mol. The van der Waals surface area contributed by atoms with E-state index in [2.05, 4.69) is 5.32 Å². The third-order valence-electron chi connectivity index (χ3n) is 4.18. The number of nitrogens with one attached hydrogen (secondary N) is 1. The first-order valence-electron chi connectivity index (χ1n) is 8.55. The quantitative estimate of drug-likeness (QED) is 0.742. The SMILES string of the molecule is COc1cc(CN(C)[C@H](C)C(=O)NC(N)=O)ccc1OCc1ccccc1. The van der Waals surface area contributed by atoms with Crippen LogP contribution in [-0.2, 0) is 17.9 Å². The van der Waals surface area contributed by atoms with Gasteiger partial charge in [0.25, 0.3) is 0 Å². The van der Waals surface area contributed by atoms with Crippen molar-refractivity contribution in [2.24, 2.45) is 5.73 Å². The van der Waals surface area contributed by atoms with Crippen molar-refractivity contribution in [2.75, 3.05) is 14.2 Å². The summed E-state index contributed by atoms with van der Waals surface area (Å²) in [7, 11) is 3.37. The number of rotatable bonds is 8. The monoisotopic (exact) mass is 371 g/mol. The van der Waals surface area contributed by atoms with Gasteiger partial charge in [0.1, 0.15) is 6.61 Å². The van der Waals surface area contributed by atoms with Gasteiger partial charge in [-0.15, -0.1) is 0 Å². The molecule has 0 aliphatic rings. The fourth-order valence-corrected chi connectivity index (χ4v) is 2.52. The van der Waals surface area contributed by atoms with Crippen molar-refractivity contribution in [1.29, 1.82) is 0 Å². The zero-order valence-electron chi connectivity index (χ0n) is 15.8. The van der Waals surface area contributed by atoms with Gasteiger partial charge in [0.15, 0.2) is 11.5 Å². The van der Waals surface area contributed by atoms with Crippen molar-refractivity contribution in [3.8, 4) is 11.5 Å². The minimum absolute atomic E-state index is 0.445. The highest BCUT2D eigenvalue weighted by atomic mass is 16.5. The van der Waals surface area contributed by atoms with Gasteiger partial charge in [0.2, 0.25) is 5.91 Å². The van der Waals surface area contributed by atoms with E-state index in [1.165, 1.54) is 0 Å². The summed E-state index contributed by atoms with van der Waals surface area (Å²) in [5, 5.41) is 2.09. The number of nitrogens with two attached hydrogens (primary N) is 1. The molecule has 2 rings (SSSR count). The van der Waals surface area contributed by atoms with Gasteiger partial charge >= 0.3 is 6.03 Å². The molecule has 0 aromatic heterocycles. The third kappa shape index (κ3) is 6.00. The molecular weight excluding hydrogens is 346 g/mol. The minimum Gasteiger partial charge on any atom is -0.493 e. The third-order valence-corrected chi connectivity index (χ3v) is 4.18. The van der Waals surface area contributed by atoms with E-state index in [1.807, 2.05) is 48.5 Å². The van der Waals surface area contributed by atoms with Gasteiger partial charge in [0.05, 0.1) is 13.2 Å². The average Bonchev–Trinajstić information content (AvgIpc) is 2.66. The molecular formula is C20H25N3O4. The molecule has 27 heavy (non-hydrogen) atoms. The van der Waals surface area contributed by atoms with Gasteiger partial charge < -0.3 is 15.2 Å². The van der Waals surface area contributed by atoms with E-state index < -0.39 is 18.0 Å². The summed E-state index contributed by atoms with van der Waals surface area (Å²) in [5.41, 5.74) is 7.00. The number of carbonyl (C=O) groups excluding carboxylic acids is 2. The molecule has 0 heterocycles. The summed E-state index contributed by atoms with van der Waals surface area (Å²) >= 11 is 0. The number of amides is 3. The minimum atomic E-state index is -0.859. The van der Waals surface area contributed by atoms with Gasteiger partial charge in [-0.1, -0.05) is 36.4 Å². The maximum atomic E-state index is 11.9. The lowest BCUT2D eigenvalue weighted by molar-refractivity contribution is -0.124. The summed E-state index contributed by atoms with van der Waals surface area (Å²) in [6, 6.07) is 14.1. The number of methoxy groups -OCH3 is 1. The van der Waals surface area contributed by atoms with Crippen molar-refractivity contribution in [3.63, 3.8) is 0 Å². The molecule has 0 fully saturated rings. The molecule has 2 aromatic rings. The molecule has 7 heteroatoms. The Morgan fingerprint density at radius 3 is 2.44 bits per heavy atom. The molecule has 0 unspecified atom stereocenters. The normalized spacial score (nSPS) is 11.7. The molecule has 0 saturated carbocycles. The highest BCUT2D eigenvalue weighted by Gasteiger charge is 2.19. The number of primary amides is 1. The molecule has 3 N–H and O–H groups in total. The smallest absolute Gasteiger partial charge is 0.318 e. The number of urea groups is 1. The second-order valence-corrected chi connectivity index (χ2v) is 6.20. The largest absolute Gasteiger partial charge is 0.493 e. The van der Waals surface area contributed by atoms with Crippen LogP contribution in [-0.4, -0.2) is 37.0 Å². The Bertz CT molecular complexity index is 780. The van der Waals surface area contributed by atoms with E-state index in [1.54, 1.807) is 26.0 Å². The summed E-state index contributed by atoms with van der Waals surface area (Å²) < 4.78 is 11.3. The van der Waals surface area contributed by atoms with Crippen LogP contribution in [0, 0.1) is 0 Å². The Morgan fingerprint density at radius 2 is 1.81 bits per heavy atom. The van der Waals surface area contributed by atoms with Gasteiger partial charge in [-0.25, -0.2) is 4.79 Å². The number of hydrogen-bond acceptors (Lipinski definition) is 5. The number of nitrogens with zero attached hydrogens (tertiary/aromatic N) is 1. The Morgan fingerprint density at radius 1 is 1.11 bits per heavy atom. The lowest BCUT2D eigenvalue weighted by Crippen LogP contribution is -2.46. The molecule has 144 valence electrons. The van der Waals surface area contributed by atoms with Crippen molar-refractivity contribution in [2.45, 2.75) is 26.1 Å². The zero-order chi connectivity index (χ0) is 19.8. The number of imide groups is 1. The molecule has 0 spiro atoms. The van der Waals surface area contributed by atoms with E-state index in [0.29, 0.717) is 24.7 Å². The second-order valence-electron chi connectivity index (χ2n) is 6.20. The van der Waals surface area contributed by atoms with E-state index in [4.69, 9.17) is 15.2 Å². The number of carbonyl (C=O) groups is 2. The number of hydrogen-bond donors (Lipinski definition) is 2. The maximum absolute atomic E-state index is 11.9. The molecule has 0 bridgehead atoms. The van der Waals surface area contributed by atoms with Crippen molar-refractivity contribution >= 4 is 11.9 Å². The zero-order valence-corrected chi connectivity index (χ0v) is 15.8. The van der Waals surface area contributed by atoms with Crippen LogP contribution in [0.2, 0.25) is 0 Å². The molecule has 7 nitrogen and oxygen atoms in total. The molecule has 0 aliphatic heterocycles. The van der Waals surface area contributed by atoms with Gasteiger partial charge in [-0.2, -0.15) is 0 Å². The molecule has 0 radical (unpaired) electrons. The summed E-state index contributed by atoms with van der Waals surface area (Å²) in [5.74, 6) is 0.818. The second kappa shape index (κ2) is 9.59. The van der Waals surface area contributed by atoms with Gasteiger partial charge in [-0.05, 0) is 37.2 Å². The van der Waals surface area contributed by atoms with Crippen LogP contribution >= 0.6 is 0 Å². The van der Waals surface area contributed by atoms with E-state index >= 15 is 0 Å². The van der Waals surface area contributed by atoms with Crippen molar-refractivity contribution in [1.82, 2.24) is 10.2 Å². The lowest BCUT2D eigenvalue weighted by Gasteiger charge is -2.23. The first-order valence-corrected chi connectivity index (χ1v) is 8.55. The van der Waals surface area contributed by atoms with Crippen LogP contribution in [0.1, 0.15) is 18.1 Å². The summed E-state index contributed by atoms with van der Waals surface area (Å²) in [4.78, 5) is 24.5. The summed E-state index contributed by atoms with van der Waals surface area (Å²) in [6.45, 7) is 2.64. The number of ether oxygens (including phenoxy) is 2. The average molecular weight is 371 g/mol. The van der Waals surface area contributed by atoms with Crippen LogP contribution in [0.25, 0.3) is 0 Å². The maximum Gasteiger partial charge on any atom is 0.318 e. The van der Waals surface area contributed by atoms with Crippen LogP contribution in [0.15, 0.2) is 48.5 Å². The molecule has 2 aromatic carbocycles. The van der Waals surface area contributed by atoms with Crippen LogP contribution in [0.4, 0.5) is 4.79 Å². The molecule has 0 saturated heterocycles. The Hall–Kier alpha value is -3.06. The first-order chi connectivity index (χ1) is 12.9. The molecule has 1 atom stereocenters. The fourth-order valence-electron chi connectivity index (χ4n) is 2.52. The Kier molecular flexibility index (Phi) is 7.19. The standard InChI is InChI=1S/C20H25N3O4/c1-14(19(24)22-20(21)25)23(2)12-16-9-10-17(18(11-16)26-3)27-13-15-7-5-4-6-8-15/h4-11,14H,12-13H2,1-3H3,(H3,21,22,24,25)/t14-/m1/s1. The molecule has 3 amide bonds. The highest BCUT2D eigenvalue weighted by Crippen LogP contribution is 2.29. The van der Waals surface area contributed by atoms with Gasteiger partial charge in [-0.3, -0.25) is 15.0 Å².